The van der Waals surface area contributed by atoms with Crippen molar-refractivity contribution >= 4 is 16.7 Å². The third-order valence-electron chi connectivity index (χ3n) is 9.32. The fourth-order valence-corrected chi connectivity index (χ4v) is 8.18. The summed E-state index contributed by atoms with van der Waals surface area (Å²) in [5.41, 5.74) is 5.33. The molecule has 4 aliphatic rings. The molecule has 0 aromatic heterocycles. The summed E-state index contributed by atoms with van der Waals surface area (Å²) in [4.78, 5) is 11.9. The molecule has 0 radical (unpaired) electrons. The largest absolute Gasteiger partial charge is 0.478 e. The van der Waals surface area contributed by atoms with Crippen molar-refractivity contribution in [1.82, 2.24) is 0 Å². The number of methoxy groups -OCH3 is 2. The minimum Gasteiger partial charge on any atom is -0.478 e. The first-order valence-corrected chi connectivity index (χ1v) is 13.4. The summed E-state index contributed by atoms with van der Waals surface area (Å²) in [7, 11) is 3.43. The lowest BCUT2D eigenvalue weighted by molar-refractivity contribution is -0.105. The highest BCUT2D eigenvalue weighted by molar-refractivity contribution is 5.98. The summed E-state index contributed by atoms with van der Waals surface area (Å²) in [6.45, 7) is 0. The summed E-state index contributed by atoms with van der Waals surface area (Å²) in [5.74, 6) is 1.74. The molecular formula is C32H36O4. The van der Waals surface area contributed by atoms with Crippen LogP contribution in [0.5, 0.6) is 0 Å². The SMILES string of the molecule is COC(CCc1cc2ccc(-c3ccccc3C(=O)O)cc2cc1C12CC3CC(CC(C3)C1)C2)OC. The summed E-state index contributed by atoms with van der Waals surface area (Å²) < 4.78 is 11.0. The van der Waals surface area contributed by atoms with Gasteiger partial charge >= 0.3 is 5.97 Å². The van der Waals surface area contributed by atoms with Gasteiger partial charge in [-0.1, -0.05) is 42.5 Å². The molecule has 188 valence electrons. The average molecular weight is 485 g/mol. The summed E-state index contributed by atoms with van der Waals surface area (Å²) >= 11 is 0. The lowest BCUT2D eigenvalue weighted by atomic mass is 9.47. The highest BCUT2D eigenvalue weighted by Gasteiger charge is 2.52. The second-order valence-electron chi connectivity index (χ2n) is 11.6. The van der Waals surface area contributed by atoms with Crippen molar-refractivity contribution in [3.05, 3.63) is 71.3 Å². The maximum absolute atomic E-state index is 11.9. The molecule has 0 amide bonds. The first kappa shape index (κ1) is 23.7. The molecule has 0 spiro atoms. The lowest BCUT2D eigenvalue weighted by Gasteiger charge is -2.57. The van der Waals surface area contributed by atoms with E-state index in [-0.39, 0.29) is 11.7 Å². The molecular weight excluding hydrogens is 448 g/mol. The number of carboxylic acids is 1. The van der Waals surface area contributed by atoms with E-state index in [2.05, 4.69) is 30.3 Å². The third-order valence-corrected chi connectivity index (χ3v) is 9.32. The van der Waals surface area contributed by atoms with Gasteiger partial charge in [0, 0.05) is 20.6 Å². The molecule has 4 bridgehead atoms. The zero-order chi connectivity index (χ0) is 24.9. The van der Waals surface area contributed by atoms with Crippen LogP contribution in [0.3, 0.4) is 0 Å². The molecule has 0 atom stereocenters. The Hall–Kier alpha value is -2.69. The Labute approximate surface area is 213 Å². The molecule has 4 nitrogen and oxygen atoms in total. The standard InChI is InChI=1S/C32H36O4/c1-35-30(36-2)10-9-25-14-23-7-8-24(27-5-3-4-6-28(27)31(33)34)15-26(23)16-29(25)32-17-20-11-21(18-32)13-22(12-20)19-32/h3-8,14-16,20-22,30H,9-13,17-19H2,1-2H3,(H,33,34). The summed E-state index contributed by atoms with van der Waals surface area (Å²) in [6, 6.07) is 18.6. The molecule has 0 saturated heterocycles. The van der Waals surface area contributed by atoms with E-state index in [4.69, 9.17) is 9.47 Å². The molecule has 4 heteroatoms. The van der Waals surface area contributed by atoms with E-state index in [1.165, 1.54) is 60.4 Å². The van der Waals surface area contributed by atoms with E-state index < -0.39 is 5.97 Å². The van der Waals surface area contributed by atoms with Crippen LogP contribution in [-0.2, 0) is 21.3 Å². The van der Waals surface area contributed by atoms with E-state index >= 15 is 0 Å². The van der Waals surface area contributed by atoms with Crippen LogP contribution in [-0.4, -0.2) is 31.6 Å². The zero-order valence-corrected chi connectivity index (χ0v) is 21.3. The van der Waals surface area contributed by atoms with Crippen molar-refractivity contribution < 1.29 is 19.4 Å². The third kappa shape index (κ3) is 4.14. The lowest BCUT2D eigenvalue weighted by Crippen LogP contribution is -2.49. The van der Waals surface area contributed by atoms with Crippen molar-refractivity contribution in [3.63, 3.8) is 0 Å². The highest BCUT2D eigenvalue weighted by atomic mass is 16.7. The Morgan fingerprint density at radius 1 is 0.917 bits per heavy atom. The number of rotatable bonds is 8. The molecule has 1 N–H and O–H groups in total. The van der Waals surface area contributed by atoms with Gasteiger partial charge in [-0.3, -0.25) is 0 Å². The van der Waals surface area contributed by atoms with Gasteiger partial charge < -0.3 is 14.6 Å². The van der Waals surface area contributed by atoms with Gasteiger partial charge in [0.15, 0.2) is 6.29 Å². The average Bonchev–Trinajstić information content (AvgIpc) is 2.87. The van der Waals surface area contributed by atoms with Gasteiger partial charge in [0.25, 0.3) is 0 Å². The maximum atomic E-state index is 11.9. The molecule has 4 aliphatic carbocycles. The molecule has 0 aliphatic heterocycles. The number of benzene rings is 3. The van der Waals surface area contributed by atoms with Crippen LogP contribution in [0.15, 0.2) is 54.6 Å². The quantitative estimate of drug-likeness (QED) is 0.343. The Balaban J connectivity index is 1.46. The van der Waals surface area contributed by atoms with Gasteiger partial charge in [0.2, 0.25) is 0 Å². The number of hydrogen-bond donors (Lipinski definition) is 1. The first-order valence-electron chi connectivity index (χ1n) is 13.4. The van der Waals surface area contributed by atoms with Crippen LogP contribution in [0.1, 0.15) is 66.4 Å². The number of aryl methyl sites for hydroxylation is 1. The van der Waals surface area contributed by atoms with E-state index in [1.54, 1.807) is 26.4 Å². The van der Waals surface area contributed by atoms with E-state index in [0.29, 0.717) is 5.56 Å². The molecule has 36 heavy (non-hydrogen) atoms. The number of carbonyl (C=O) groups is 1. The first-order chi connectivity index (χ1) is 17.5. The second kappa shape index (κ2) is 9.32. The van der Waals surface area contributed by atoms with Gasteiger partial charge in [0.05, 0.1) is 5.56 Å². The molecule has 7 rings (SSSR count). The second-order valence-corrected chi connectivity index (χ2v) is 11.6. The van der Waals surface area contributed by atoms with Crippen LogP contribution >= 0.6 is 0 Å². The van der Waals surface area contributed by atoms with Gasteiger partial charge in [-0.15, -0.1) is 0 Å². The van der Waals surface area contributed by atoms with Crippen molar-refractivity contribution in [1.29, 1.82) is 0 Å². The van der Waals surface area contributed by atoms with Gasteiger partial charge in [-0.2, -0.15) is 0 Å². The predicted octanol–water partition coefficient (Wildman–Crippen LogP) is 7.22. The van der Waals surface area contributed by atoms with Crippen LogP contribution in [0.4, 0.5) is 0 Å². The van der Waals surface area contributed by atoms with Gasteiger partial charge in [0.1, 0.15) is 0 Å². The minimum atomic E-state index is -0.888. The van der Waals surface area contributed by atoms with Crippen molar-refractivity contribution in [2.75, 3.05) is 14.2 Å². The van der Waals surface area contributed by atoms with Gasteiger partial charge in [-0.05, 0) is 113 Å². The van der Waals surface area contributed by atoms with Crippen LogP contribution in [0.25, 0.3) is 21.9 Å². The van der Waals surface area contributed by atoms with Crippen LogP contribution < -0.4 is 0 Å². The Kier molecular flexibility index (Phi) is 6.13. The molecule has 0 unspecified atom stereocenters. The normalized spacial score (nSPS) is 26.7. The molecule has 3 aromatic rings. The molecule has 3 aromatic carbocycles. The Bertz CT molecular complexity index is 1250. The summed E-state index contributed by atoms with van der Waals surface area (Å²) in [6.07, 6.45) is 9.80. The van der Waals surface area contributed by atoms with E-state index in [1.807, 2.05) is 12.1 Å². The van der Waals surface area contributed by atoms with Crippen LogP contribution in [0, 0.1) is 17.8 Å². The van der Waals surface area contributed by atoms with E-state index in [0.717, 1.165) is 41.7 Å². The molecule has 0 heterocycles. The minimum absolute atomic E-state index is 0.195. The Morgan fingerprint density at radius 2 is 1.58 bits per heavy atom. The fraction of sp³-hybridized carbons (Fsp3) is 0.469. The number of aromatic carboxylic acids is 1. The predicted molar refractivity (Wildman–Crippen MR) is 142 cm³/mol. The van der Waals surface area contributed by atoms with Gasteiger partial charge in [-0.25, -0.2) is 4.79 Å². The monoisotopic (exact) mass is 484 g/mol. The highest BCUT2D eigenvalue weighted by Crippen LogP contribution is 2.61. The number of ether oxygens (including phenoxy) is 2. The van der Waals surface area contributed by atoms with Crippen molar-refractivity contribution in [3.8, 4) is 11.1 Å². The van der Waals surface area contributed by atoms with Crippen molar-refractivity contribution in [2.24, 2.45) is 17.8 Å². The van der Waals surface area contributed by atoms with E-state index in [9.17, 15) is 9.90 Å². The topological polar surface area (TPSA) is 55.8 Å². The number of carboxylic acid groups (broad SMARTS) is 1. The fourth-order valence-electron chi connectivity index (χ4n) is 8.18. The number of hydrogen-bond acceptors (Lipinski definition) is 3. The summed E-state index contributed by atoms with van der Waals surface area (Å²) in [5, 5.41) is 12.2. The van der Waals surface area contributed by atoms with Crippen molar-refractivity contribution in [2.45, 2.75) is 63.1 Å². The molecule has 4 saturated carbocycles. The number of fused-ring (bicyclic) bond motifs is 1. The smallest absolute Gasteiger partial charge is 0.336 e. The zero-order valence-electron chi connectivity index (χ0n) is 21.3. The maximum Gasteiger partial charge on any atom is 0.336 e. The Morgan fingerprint density at radius 3 is 2.22 bits per heavy atom. The molecule has 4 fully saturated rings. The van der Waals surface area contributed by atoms with Crippen LogP contribution in [0.2, 0.25) is 0 Å².